The van der Waals surface area contributed by atoms with Crippen LogP contribution in [0.25, 0.3) is 0 Å². The number of carbonyl (C=O) groups excluding carboxylic acids is 1. The van der Waals surface area contributed by atoms with Gasteiger partial charge >= 0.3 is 0 Å². The van der Waals surface area contributed by atoms with Gasteiger partial charge in [-0.15, -0.1) is 0 Å². The number of nitrogens with zero attached hydrogens (tertiary/aromatic N) is 1. The summed E-state index contributed by atoms with van der Waals surface area (Å²) >= 11 is 18.0. The van der Waals surface area contributed by atoms with Crippen molar-refractivity contribution in [3.8, 4) is 5.75 Å². The lowest BCUT2D eigenvalue weighted by Crippen LogP contribution is -2.17. The van der Waals surface area contributed by atoms with Crippen LogP contribution in [0.4, 0.5) is 0 Å². The first kappa shape index (κ1) is 20.2. The lowest BCUT2D eigenvalue weighted by molar-refractivity contribution is 0.0955. The van der Waals surface area contributed by atoms with Crippen molar-refractivity contribution in [1.29, 1.82) is 0 Å². The van der Waals surface area contributed by atoms with E-state index in [1.54, 1.807) is 48.5 Å². The van der Waals surface area contributed by atoms with E-state index in [2.05, 4.69) is 10.5 Å². The molecular weight excluding hydrogens is 419 g/mol. The Balaban J connectivity index is 1.56. The summed E-state index contributed by atoms with van der Waals surface area (Å²) in [7, 11) is 0. The maximum absolute atomic E-state index is 12.2. The number of carbonyl (C=O) groups is 1. The van der Waals surface area contributed by atoms with Crippen LogP contribution < -0.4 is 10.2 Å². The number of ether oxygens (including phenoxy) is 1. The molecule has 0 saturated heterocycles. The second-order valence-corrected chi connectivity index (χ2v) is 7.02. The molecule has 3 aromatic carbocycles. The average molecular weight is 434 g/mol. The molecule has 0 aromatic heterocycles. The van der Waals surface area contributed by atoms with Gasteiger partial charge in [0.05, 0.1) is 6.21 Å². The molecule has 0 saturated carbocycles. The van der Waals surface area contributed by atoms with Crippen LogP contribution in [0.15, 0.2) is 71.8 Å². The highest BCUT2D eigenvalue weighted by atomic mass is 35.5. The summed E-state index contributed by atoms with van der Waals surface area (Å²) in [6.07, 6.45) is 1.49. The summed E-state index contributed by atoms with van der Waals surface area (Å²) in [6, 6.07) is 19.2. The second-order valence-electron chi connectivity index (χ2n) is 5.77. The molecule has 7 heteroatoms. The Hall–Kier alpha value is -2.53. The Morgan fingerprint density at radius 1 is 0.964 bits per heavy atom. The van der Waals surface area contributed by atoms with Crippen LogP contribution in [-0.4, -0.2) is 12.1 Å². The first-order valence-corrected chi connectivity index (χ1v) is 9.41. The molecule has 0 aliphatic carbocycles. The largest absolute Gasteiger partial charge is 0.489 e. The number of hydrogen-bond acceptors (Lipinski definition) is 3. The predicted molar refractivity (Wildman–Crippen MR) is 114 cm³/mol. The van der Waals surface area contributed by atoms with Gasteiger partial charge < -0.3 is 4.74 Å². The minimum Gasteiger partial charge on any atom is -0.489 e. The van der Waals surface area contributed by atoms with E-state index in [1.807, 2.05) is 18.2 Å². The average Bonchev–Trinajstić information content (AvgIpc) is 2.69. The fourth-order valence-corrected chi connectivity index (χ4v) is 2.95. The maximum atomic E-state index is 12.2. The molecule has 3 rings (SSSR count). The van der Waals surface area contributed by atoms with Crippen LogP contribution in [0.2, 0.25) is 15.1 Å². The van der Waals surface area contributed by atoms with Crippen LogP contribution in [0, 0.1) is 0 Å². The summed E-state index contributed by atoms with van der Waals surface area (Å²) in [4.78, 5) is 12.2. The molecule has 28 heavy (non-hydrogen) atoms. The lowest BCUT2D eigenvalue weighted by atomic mass is 10.2. The smallest absolute Gasteiger partial charge is 0.271 e. The van der Waals surface area contributed by atoms with Crippen LogP contribution >= 0.6 is 34.8 Å². The van der Waals surface area contributed by atoms with E-state index in [9.17, 15) is 4.79 Å². The molecular formula is C21H15Cl3N2O2. The Labute approximate surface area is 177 Å². The highest BCUT2D eigenvalue weighted by Gasteiger charge is 2.06. The fraction of sp³-hybridized carbons (Fsp3) is 0.0476. The number of amides is 1. The molecule has 0 spiro atoms. The number of hydrazone groups is 1. The first-order valence-electron chi connectivity index (χ1n) is 8.27. The Morgan fingerprint density at radius 3 is 2.43 bits per heavy atom. The van der Waals surface area contributed by atoms with Crippen molar-refractivity contribution >= 4 is 46.9 Å². The van der Waals surface area contributed by atoms with Gasteiger partial charge in [0.2, 0.25) is 0 Å². The third kappa shape index (κ3) is 5.49. The Kier molecular flexibility index (Phi) is 6.93. The van der Waals surface area contributed by atoms with Gasteiger partial charge in [0, 0.05) is 31.8 Å². The van der Waals surface area contributed by atoms with Crippen LogP contribution in [0.1, 0.15) is 21.5 Å². The van der Waals surface area contributed by atoms with E-state index < -0.39 is 0 Å². The van der Waals surface area contributed by atoms with Crippen molar-refractivity contribution in [2.45, 2.75) is 6.61 Å². The quantitative estimate of drug-likeness (QED) is 0.383. The van der Waals surface area contributed by atoms with Crippen molar-refractivity contribution in [3.05, 3.63) is 98.5 Å². The van der Waals surface area contributed by atoms with Gasteiger partial charge in [-0.25, -0.2) is 5.43 Å². The monoisotopic (exact) mass is 432 g/mol. The zero-order chi connectivity index (χ0) is 19.9. The predicted octanol–water partition coefficient (Wildman–Crippen LogP) is 5.99. The molecule has 0 unspecified atom stereocenters. The number of nitrogens with one attached hydrogen (secondary N) is 1. The van der Waals surface area contributed by atoms with Crippen LogP contribution in [-0.2, 0) is 6.61 Å². The topological polar surface area (TPSA) is 50.7 Å². The number of halogens is 3. The second kappa shape index (κ2) is 9.60. The highest BCUT2D eigenvalue weighted by molar-refractivity contribution is 6.35. The molecule has 0 radical (unpaired) electrons. The van der Waals surface area contributed by atoms with Crippen molar-refractivity contribution in [2.75, 3.05) is 0 Å². The molecule has 1 N–H and O–H groups in total. The Morgan fingerprint density at radius 2 is 1.71 bits per heavy atom. The third-order valence-electron chi connectivity index (χ3n) is 3.80. The third-order valence-corrected chi connectivity index (χ3v) is 4.73. The van der Waals surface area contributed by atoms with E-state index in [0.717, 1.165) is 5.56 Å². The fourth-order valence-electron chi connectivity index (χ4n) is 2.31. The number of benzene rings is 3. The first-order chi connectivity index (χ1) is 13.5. The summed E-state index contributed by atoms with van der Waals surface area (Å²) in [5.74, 6) is 0.276. The number of rotatable bonds is 6. The minimum absolute atomic E-state index is 0.295. The molecule has 0 fully saturated rings. The summed E-state index contributed by atoms with van der Waals surface area (Å²) in [5, 5.41) is 5.60. The molecule has 142 valence electrons. The summed E-state index contributed by atoms with van der Waals surface area (Å²) in [5.41, 5.74) is 4.46. The van der Waals surface area contributed by atoms with Gasteiger partial charge in [0.25, 0.3) is 5.91 Å². The van der Waals surface area contributed by atoms with Gasteiger partial charge in [-0.05, 0) is 42.5 Å². The summed E-state index contributed by atoms with van der Waals surface area (Å²) in [6.45, 7) is 0.295. The van der Waals surface area contributed by atoms with Crippen molar-refractivity contribution in [2.24, 2.45) is 5.10 Å². The van der Waals surface area contributed by atoms with E-state index in [-0.39, 0.29) is 5.91 Å². The zero-order valence-electron chi connectivity index (χ0n) is 14.5. The summed E-state index contributed by atoms with van der Waals surface area (Å²) < 4.78 is 5.70. The molecule has 0 aliphatic heterocycles. The van der Waals surface area contributed by atoms with Crippen LogP contribution in [0.3, 0.4) is 0 Å². The van der Waals surface area contributed by atoms with Crippen molar-refractivity contribution in [3.63, 3.8) is 0 Å². The van der Waals surface area contributed by atoms with E-state index in [4.69, 9.17) is 39.5 Å². The molecule has 0 heterocycles. The molecule has 3 aromatic rings. The minimum atomic E-state index is -0.337. The number of hydrogen-bond donors (Lipinski definition) is 1. The van der Waals surface area contributed by atoms with Gasteiger partial charge in [0.1, 0.15) is 12.4 Å². The standard InChI is InChI=1S/C21H15Cl3N2O2/c22-17-8-5-16(20(24)11-17)13-28-18-9-6-14(7-10-18)21(27)26-25-12-15-3-1-2-4-19(15)23/h1-12H,13H2,(H,26,27)/b25-12-. The van der Waals surface area contributed by atoms with Gasteiger partial charge in [-0.2, -0.15) is 5.10 Å². The van der Waals surface area contributed by atoms with Gasteiger partial charge in [-0.1, -0.05) is 59.1 Å². The molecule has 0 atom stereocenters. The van der Waals surface area contributed by atoms with Crippen LogP contribution in [0.5, 0.6) is 5.75 Å². The van der Waals surface area contributed by atoms with Crippen molar-refractivity contribution in [1.82, 2.24) is 5.43 Å². The van der Waals surface area contributed by atoms with E-state index in [0.29, 0.717) is 38.6 Å². The Bertz CT molecular complexity index is 1000. The maximum Gasteiger partial charge on any atom is 0.271 e. The normalized spacial score (nSPS) is 10.8. The highest BCUT2D eigenvalue weighted by Crippen LogP contribution is 2.23. The molecule has 4 nitrogen and oxygen atoms in total. The SMILES string of the molecule is O=C(N/N=C\c1ccccc1Cl)c1ccc(OCc2ccc(Cl)cc2Cl)cc1. The van der Waals surface area contributed by atoms with Gasteiger partial charge in [-0.3, -0.25) is 4.79 Å². The van der Waals surface area contributed by atoms with Crippen molar-refractivity contribution < 1.29 is 9.53 Å². The zero-order valence-corrected chi connectivity index (χ0v) is 16.8. The molecule has 1 amide bonds. The van der Waals surface area contributed by atoms with E-state index >= 15 is 0 Å². The lowest BCUT2D eigenvalue weighted by Gasteiger charge is -2.08. The molecule has 0 bridgehead atoms. The molecule has 0 aliphatic rings. The van der Waals surface area contributed by atoms with E-state index in [1.165, 1.54) is 6.21 Å². The van der Waals surface area contributed by atoms with Gasteiger partial charge in [0.15, 0.2) is 0 Å².